The number of carbonyl (C=O) groups is 1. The van der Waals surface area contributed by atoms with Crippen LogP contribution in [0.4, 0.5) is 15.0 Å². The molecule has 6 heterocycles. The molecule has 2 bridgehead atoms. The Bertz CT molecular complexity index is 1840. The summed E-state index contributed by atoms with van der Waals surface area (Å²) in [4.78, 5) is 32.9. The summed E-state index contributed by atoms with van der Waals surface area (Å²) in [5.41, 5.74) is 0.851. The number of aromatic nitrogens is 3. The highest BCUT2D eigenvalue weighted by molar-refractivity contribution is 6.36. The van der Waals surface area contributed by atoms with E-state index in [1.165, 1.54) is 0 Å². The number of urea groups is 1. The number of amides is 2. The fraction of sp³-hybridized carbons (Fsp3) is 0.486. The number of nitrogens with one attached hydrogen (secondary N) is 2. The smallest absolute Gasteiger partial charge is 0.319 e. The number of pyridine rings is 1. The molecule has 4 saturated heterocycles. The Balaban J connectivity index is 1.15. The first-order chi connectivity index (χ1) is 22.8. The standard InChI is InChI=1S/C35H40ClFN8O2/c1-43(2)34(46)39-16-24-12-14-35(13-5-15-45(24)35)20-47-33-41-31-26(32(42-33)44-18-22-10-11-23(19-44)40-22)17-38-30(29(31)37)25-8-3-6-21-7-4-9-27(36)28(21)25/h3-4,6-9,17,22-24,40H,5,10-16,18-20H2,1-2H3,(H,39,46)/t22?,23?,24-,35-/m1/s1. The van der Waals surface area contributed by atoms with Gasteiger partial charge in [0.1, 0.15) is 23.6 Å². The highest BCUT2D eigenvalue weighted by Crippen LogP contribution is 2.43. The third kappa shape index (κ3) is 5.42. The number of rotatable bonds is 7. The van der Waals surface area contributed by atoms with Crippen LogP contribution in [0.15, 0.2) is 42.6 Å². The van der Waals surface area contributed by atoms with Gasteiger partial charge >= 0.3 is 12.0 Å². The summed E-state index contributed by atoms with van der Waals surface area (Å²) in [6.07, 6.45) is 7.92. The number of carbonyl (C=O) groups excluding carboxylic acids is 1. The van der Waals surface area contributed by atoms with Gasteiger partial charge in [0, 0.05) is 74.0 Å². The lowest BCUT2D eigenvalue weighted by Gasteiger charge is -2.35. The van der Waals surface area contributed by atoms with Crippen LogP contribution in [0.1, 0.15) is 38.5 Å². The van der Waals surface area contributed by atoms with Gasteiger partial charge in [-0.1, -0.05) is 41.9 Å². The Morgan fingerprint density at radius 1 is 1.13 bits per heavy atom. The van der Waals surface area contributed by atoms with Crippen LogP contribution in [0.2, 0.25) is 5.02 Å². The Morgan fingerprint density at radius 3 is 2.70 bits per heavy atom. The van der Waals surface area contributed by atoms with E-state index in [0.29, 0.717) is 47.0 Å². The van der Waals surface area contributed by atoms with Crippen LogP contribution in [0, 0.1) is 5.82 Å². The van der Waals surface area contributed by atoms with E-state index in [4.69, 9.17) is 26.3 Å². The molecule has 0 aliphatic carbocycles. The third-order valence-electron chi connectivity index (χ3n) is 10.7. The van der Waals surface area contributed by atoms with E-state index in [1.54, 1.807) is 25.2 Å². The Morgan fingerprint density at radius 2 is 1.91 bits per heavy atom. The molecule has 4 atom stereocenters. The molecule has 2 aromatic heterocycles. The van der Waals surface area contributed by atoms with Gasteiger partial charge in [-0.2, -0.15) is 9.97 Å². The maximum absolute atomic E-state index is 16.8. The molecule has 2 unspecified atom stereocenters. The fourth-order valence-electron chi connectivity index (χ4n) is 8.37. The molecule has 0 radical (unpaired) electrons. The van der Waals surface area contributed by atoms with E-state index in [0.717, 1.165) is 68.9 Å². The van der Waals surface area contributed by atoms with Crippen molar-refractivity contribution in [2.75, 3.05) is 51.8 Å². The number of anilines is 1. The van der Waals surface area contributed by atoms with E-state index in [9.17, 15) is 4.79 Å². The number of hydrogen-bond donors (Lipinski definition) is 2. The van der Waals surface area contributed by atoms with Crippen molar-refractivity contribution in [1.82, 2.24) is 35.4 Å². The first kappa shape index (κ1) is 30.5. The minimum atomic E-state index is -0.514. The summed E-state index contributed by atoms with van der Waals surface area (Å²) < 4.78 is 23.3. The highest BCUT2D eigenvalue weighted by Gasteiger charge is 2.50. The van der Waals surface area contributed by atoms with Crippen molar-refractivity contribution >= 4 is 45.1 Å². The van der Waals surface area contributed by atoms with Gasteiger partial charge in [0.05, 0.1) is 10.9 Å². The Labute approximate surface area is 278 Å². The van der Waals surface area contributed by atoms with E-state index >= 15 is 4.39 Å². The van der Waals surface area contributed by atoms with Gasteiger partial charge in [0.25, 0.3) is 0 Å². The first-order valence-corrected chi connectivity index (χ1v) is 17.1. The van der Waals surface area contributed by atoms with Gasteiger partial charge < -0.3 is 25.2 Å². The summed E-state index contributed by atoms with van der Waals surface area (Å²) in [7, 11) is 3.50. The van der Waals surface area contributed by atoms with Crippen molar-refractivity contribution in [1.29, 1.82) is 0 Å². The number of benzene rings is 2. The lowest BCUT2D eigenvalue weighted by Crippen LogP contribution is -2.51. The van der Waals surface area contributed by atoms with Crippen LogP contribution in [0.5, 0.6) is 6.01 Å². The number of hydrogen-bond acceptors (Lipinski definition) is 8. The van der Waals surface area contributed by atoms with E-state index in [-0.39, 0.29) is 34.8 Å². The van der Waals surface area contributed by atoms with Gasteiger partial charge in [-0.25, -0.2) is 9.18 Å². The Kier molecular flexibility index (Phi) is 7.81. The van der Waals surface area contributed by atoms with E-state index in [2.05, 4.69) is 25.4 Å². The average molecular weight is 659 g/mol. The van der Waals surface area contributed by atoms with Crippen molar-refractivity contribution in [3.8, 4) is 17.3 Å². The zero-order valence-electron chi connectivity index (χ0n) is 26.8. The second-order valence-corrected chi connectivity index (χ2v) is 14.2. The Hall–Kier alpha value is -3.80. The maximum Gasteiger partial charge on any atom is 0.319 e. The molecule has 8 rings (SSSR count). The predicted molar refractivity (Wildman–Crippen MR) is 182 cm³/mol. The summed E-state index contributed by atoms with van der Waals surface area (Å²) in [6.45, 7) is 3.52. The molecular formula is C35H40ClFN8O2. The molecule has 10 nitrogen and oxygen atoms in total. The van der Waals surface area contributed by atoms with Crippen LogP contribution < -0.4 is 20.3 Å². The molecule has 4 aromatic rings. The summed E-state index contributed by atoms with van der Waals surface area (Å²) >= 11 is 6.64. The zero-order valence-corrected chi connectivity index (χ0v) is 27.6. The first-order valence-electron chi connectivity index (χ1n) is 16.7. The summed E-state index contributed by atoms with van der Waals surface area (Å²) in [5, 5.41) is 9.52. The number of fused-ring (bicyclic) bond motifs is 5. The molecule has 4 fully saturated rings. The van der Waals surface area contributed by atoms with Gasteiger partial charge in [0.2, 0.25) is 0 Å². The van der Waals surface area contributed by atoms with Crippen molar-refractivity contribution in [3.05, 3.63) is 53.4 Å². The number of piperazine rings is 1. The number of nitrogens with zero attached hydrogens (tertiary/aromatic N) is 6. The van der Waals surface area contributed by atoms with Gasteiger partial charge in [0.15, 0.2) is 5.82 Å². The molecule has 2 aromatic carbocycles. The van der Waals surface area contributed by atoms with Gasteiger partial charge in [-0.3, -0.25) is 9.88 Å². The van der Waals surface area contributed by atoms with Gasteiger partial charge in [-0.15, -0.1) is 0 Å². The molecule has 2 N–H and O–H groups in total. The van der Waals surface area contributed by atoms with Crippen LogP contribution >= 0.6 is 11.6 Å². The molecule has 0 spiro atoms. The maximum atomic E-state index is 16.8. The zero-order chi connectivity index (χ0) is 32.3. The second kappa shape index (κ2) is 12.0. The molecule has 12 heteroatoms. The molecule has 246 valence electrons. The largest absolute Gasteiger partial charge is 0.461 e. The van der Waals surface area contributed by atoms with Crippen molar-refractivity contribution in [2.24, 2.45) is 0 Å². The molecule has 47 heavy (non-hydrogen) atoms. The highest BCUT2D eigenvalue weighted by atomic mass is 35.5. The van der Waals surface area contributed by atoms with Crippen molar-refractivity contribution < 1.29 is 13.9 Å². The quantitative estimate of drug-likeness (QED) is 0.279. The van der Waals surface area contributed by atoms with Crippen LogP contribution in [0.3, 0.4) is 0 Å². The summed E-state index contributed by atoms with van der Waals surface area (Å²) in [5.74, 6) is 0.147. The lowest BCUT2D eigenvalue weighted by molar-refractivity contribution is 0.0845. The number of ether oxygens (including phenoxy) is 1. The van der Waals surface area contributed by atoms with Gasteiger partial charge in [-0.05, 0) is 56.5 Å². The van der Waals surface area contributed by atoms with E-state index < -0.39 is 5.82 Å². The average Bonchev–Trinajstić information content (AvgIpc) is 3.75. The fourth-order valence-corrected chi connectivity index (χ4v) is 8.65. The number of halogens is 2. The normalized spacial score (nSPS) is 25.4. The molecule has 0 saturated carbocycles. The van der Waals surface area contributed by atoms with Crippen molar-refractivity contribution in [2.45, 2.75) is 62.2 Å². The van der Waals surface area contributed by atoms with Crippen LogP contribution in [-0.4, -0.2) is 101 Å². The molecule has 4 aliphatic heterocycles. The topological polar surface area (TPSA) is 98.8 Å². The van der Waals surface area contributed by atoms with Crippen LogP contribution in [0.25, 0.3) is 32.9 Å². The minimum absolute atomic E-state index is 0.0851. The van der Waals surface area contributed by atoms with Crippen molar-refractivity contribution in [3.63, 3.8) is 0 Å². The molecular weight excluding hydrogens is 619 g/mol. The summed E-state index contributed by atoms with van der Waals surface area (Å²) in [6, 6.07) is 12.4. The lowest BCUT2D eigenvalue weighted by atomic mass is 9.95. The van der Waals surface area contributed by atoms with E-state index in [1.807, 2.05) is 36.4 Å². The monoisotopic (exact) mass is 658 g/mol. The van der Waals surface area contributed by atoms with Crippen LogP contribution in [-0.2, 0) is 0 Å². The second-order valence-electron chi connectivity index (χ2n) is 13.8. The molecule has 4 aliphatic rings. The SMILES string of the molecule is CN(C)C(=O)NC[C@H]1CC[C@@]2(COc3nc(N4CC5CCC(C4)N5)c4cnc(-c5cccc6cccc(Cl)c56)c(F)c4n3)CCCN12. The third-order valence-corrected chi connectivity index (χ3v) is 11.0. The predicted octanol–water partition coefficient (Wildman–Crippen LogP) is 5.23. The minimum Gasteiger partial charge on any atom is -0.461 e. The molecule has 2 amide bonds.